The molecule has 5 nitrogen and oxygen atoms in total. The molecule has 168 valence electrons. The van der Waals surface area contributed by atoms with Gasteiger partial charge in [0, 0.05) is 24.7 Å². The fourth-order valence-corrected chi connectivity index (χ4v) is 6.29. The summed E-state index contributed by atoms with van der Waals surface area (Å²) in [7, 11) is -0.944. The van der Waals surface area contributed by atoms with Crippen LogP contribution < -0.4 is 0 Å². The molecule has 2 aromatic rings. The van der Waals surface area contributed by atoms with Gasteiger partial charge in [-0.05, 0) is 74.1 Å². The summed E-state index contributed by atoms with van der Waals surface area (Å²) >= 11 is 5.90. The van der Waals surface area contributed by atoms with Crippen molar-refractivity contribution in [2.75, 3.05) is 20.7 Å². The van der Waals surface area contributed by atoms with Crippen LogP contribution in [0.2, 0.25) is 5.02 Å². The van der Waals surface area contributed by atoms with E-state index in [9.17, 15) is 22.0 Å². The Morgan fingerprint density at radius 1 is 1.13 bits per heavy atom. The number of benzene rings is 2. The third kappa shape index (κ3) is 4.70. The fourth-order valence-electron chi connectivity index (χ4n) is 4.00. The maximum absolute atomic E-state index is 14.8. The second kappa shape index (κ2) is 9.12. The van der Waals surface area contributed by atoms with E-state index in [1.807, 2.05) is 0 Å². The van der Waals surface area contributed by atoms with Crippen molar-refractivity contribution < 1.29 is 26.7 Å². The summed E-state index contributed by atoms with van der Waals surface area (Å²) in [5.41, 5.74) is -0.175. The highest BCUT2D eigenvalue weighted by molar-refractivity contribution is 7.92. The van der Waals surface area contributed by atoms with Crippen LogP contribution in [0.1, 0.15) is 31.2 Å². The maximum atomic E-state index is 14.8. The summed E-state index contributed by atoms with van der Waals surface area (Å²) in [4.78, 5) is 13.0. The van der Waals surface area contributed by atoms with E-state index in [0.29, 0.717) is 17.9 Å². The van der Waals surface area contributed by atoms with Gasteiger partial charge in [0.1, 0.15) is 16.4 Å². The molecule has 31 heavy (non-hydrogen) atoms. The molecule has 2 aromatic carbocycles. The molecule has 1 saturated carbocycles. The molecule has 1 fully saturated rings. The van der Waals surface area contributed by atoms with Crippen LogP contribution in [0, 0.1) is 17.6 Å². The fraction of sp³-hybridized carbons (Fsp3) is 0.409. The van der Waals surface area contributed by atoms with Gasteiger partial charge in [0.25, 0.3) is 0 Å². The maximum Gasteiger partial charge on any atom is 0.409 e. The number of sulfone groups is 1. The van der Waals surface area contributed by atoms with Gasteiger partial charge in [-0.15, -0.1) is 0 Å². The van der Waals surface area contributed by atoms with Crippen LogP contribution in [-0.4, -0.2) is 40.1 Å². The lowest BCUT2D eigenvalue weighted by atomic mass is 9.78. The van der Waals surface area contributed by atoms with Crippen LogP contribution in [0.4, 0.5) is 13.6 Å². The molecule has 0 spiro atoms. The predicted molar refractivity (Wildman–Crippen MR) is 114 cm³/mol. The Labute approximate surface area is 185 Å². The Balaban J connectivity index is 1.97. The van der Waals surface area contributed by atoms with E-state index in [1.165, 1.54) is 29.2 Å². The minimum atomic E-state index is -4.08. The largest absolute Gasteiger partial charge is 0.449 e. The van der Waals surface area contributed by atoms with Crippen LogP contribution in [0.5, 0.6) is 0 Å². The number of carbonyl (C=O) groups excluding carboxylic acids is 1. The molecule has 0 aromatic heterocycles. The van der Waals surface area contributed by atoms with Gasteiger partial charge < -0.3 is 9.64 Å². The normalized spacial score (nSPS) is 21.5. The van der Waals surface area contributed by atoms with E-state index in [2.05, 4.69) is 0 Å². The molecule has 1 aliphatic carbocycles. The highest BCUT2D eigenvalue weighted by Crippen LogP contribution is 2.49. The summed E-state index contributed by atoms with van der Waals surface area (Å²) < 4.78 is 59.9. The monoisotopic (exact) mass is 471 g/mol. The van der Waals surface area contributed by atoms with E-state index in [0.717, 1.165) is 18.2 Å². The van der Waals surface area contributed by atoms with E-state index >= 15 is 0 Å². The van der Waals surface area contributed by atoms with Crippen molar-refractivity contribution in [3.63, 3.8) is 0 Å². The van der Waals surface area contributed by atoms with Crippen LogP contribution in [0.15, 0.2) is 47.4 Å². The van der Waals surface area contributed by atoms with Crippen LogP contribution in [0.25, 0.3) is 0 Å². The Morgan fingerprint density at radius 3 is 2.32 bits per heavy atom. The van der Waals surface area contributed by atoms with Crippen molar-refractivity contribution in [3.05, 3.63) is 64.7 Å². The summed E-state index contributed by atoms with van der Waals surface area (Å²) in [5.74, 6) is -1.55. The minimum absolute atomic E-state index is 0.00181. The molecule has 1 amide bonds. The first kappa shape index (κ1) is 23.5. The van der Waals surface area contributed by atoms with Gasteiger partial charge in [-0.1, -0.05) is 11.6 Å². The first-order valence-electron chi connectivity index (χ1n) is 9.86. The van der Waals surface area contributed by atoms with Crippen molar-refractivity contribution in [3.8, 4) is 0 Å². The number of hydrogen-bond acceptors (Lipinski definition) is 4. The van der Waals surface area contributed by atoms with Gasteiger partial charge in [-0.2, -0.15) is 0 Å². The van der Waals surface area contributed by atoms with Gasteiger partial charge in [0.15, 0.2) is 9.84 Å². The SMILES string of the molecule is CN(C)C(=O)OCC1CCC(c2cc(F)ccc2F)(S(=O)(=O)c2ccc(Cl)cc2)CC1. The molecule has 1 aliphatic rings. The molecule has 0 atom stereocenters. The van der Waals surface area contributed by atoms with Crippen molar-refractivity contribution in [2.45, 2.75) is 35.3 Å². The van der Waals surface area contributed by atoms with Crippen LogP contribution >= 0.6 is 11.6 Å². The third-order valence-electron chi connectivity index (χ3n) is 5.78. The summed E-state index contributed by atoms with van der Waals surface area (Å²) in [6.07, 6.45) is 0.416. The number of carbonyl (C=O) groups is 1. The number of amides is 1. The van der Waals surface area contributed by atoms with Crippen LogP contribution in [0.3, 0.4) is 0 Å². The second-order valence-electron chi connectivity index (χ2n) is 7.99. The lowest BCUT2D eigenvalue weighted by Crippen LogP contribution is -2.41. The molecule has 0 N–H and O–H groups in total. The highest BCUT2D eigenvalue weighted by Gasteiger charge is 2.50. The van der Waals surface area contributed by atoms with Gasteiger partial charge in [0.2, 0.25) is 0 Å². The molecule has 0 bridgehead atoms. The average Bonchev–Trinajstić information content (AvgIpc) is 2.74. The molecule has 3 rings (SSSR count). The molecule has 0 saturated heterocycles. The van der Waals surface area contributed by atoms with Crippen molar-refractivity contribution >= 4 is 27.5 Å². The van der Waals surface area contributed by atoms with Crippen molar-refractivity contribution in [2.24, 2.45) is 5.92 Å². The summed E-state index contributed by atoms with van der Waals surface area (Å²) in [6, 6.07) is 8.55. The number of hydrogen-bond donors (Lipinski definition) is 0. The quantitative estimate of drug-likeness (QED) is 0.603. The van der Waals surface area contributed by atoms with Gasteiger partial charge in [-0.3, -0.25) is 0 Å². The first-order valence-corrected chi connectivity index (χ1v) is 11.7. The smallest absolute Gasteiger partial charge is 0.409 e. The van der Waals surface area contributed by atoms with E-state index in [4.69, 9.17) is 16.3 Å². The lowest BCUT2D eigenvalue weighted by molar-refractivity contribution is 0.0892. The second-order valence-corrected chi connectivity index (χ2v) is 10.7. The Hall–Kier alpha value is -2.19. The first-order chi connectivity index (χ1) is 14.6. The molecule has 0 aliphatic heterocycles. The van der Waals surface area contributed by atoms with Crippen LogP contribution in [-0.2, 0) is 19.3 Å². The zero-order chi connectivity index (χ0) is 22.8. The van der Waals surface area contributed by atoms with Crippen molar-refractivity contribution in [1.82, 2.24) is 4.90 Å². The lowest BCUT2D eigenvalue weighted by Gasteiger charge is -2.40. The molecule has 0 heterocycles. The molecule has 0 radical (unpaired) electrons. The topological polar surface area (TPSA) is 63.7 Å². The third-order valence-corrected chi connectivity index (χ3v) is 8.58. The van der Waals surface area contributed by atoms with E-state index < -0.39 is 32.3 Å². The van der Waals surface area contributed by atoms with Gasteiger partial charge >= 0.3 is 6.09 Å². The molecule has 9 heteroatoms. The number of ether oxygens (including phenoxy) is 1. The number of rotatable bonds is 5. The minimum Gasteiger partial charge on any atom is -0.449 e. The summed E-state index contributed by atoms with van der Waals surface area (Å²) in [6.45, 7) is 0.139. The highest BCUT2D eigenvalue weighted by atomic mass is 35.5. The zero-order valence-corrected chi connectivity index (χ0v) is 18.8. The van der Waals surface area contributed by atoms with Gasteiger partial charge in [0.05, 0.1) is 11.5 Å². The van der Waals surface area contributed by atoms with Gasteiger partial charge in [-0.25, -0.2) is 22.0 Å². The van der Waals surface area contributed by atoms with Crippen molar-refractivity contribution in [1.29, 1.82) is 0 Å². The standard InChI is InChI=1S/C22H24ClF2NO4S/c1-26(2)21(27)30-14-15-9-11-22(12-10-15,19-13-17(24)5-8-20(19)25)31(28,29)18-6-3-16(23)4-7-18/h3-8,13,15H,9-12,14H2,1-2H3. The molecular weight excluding hydrogens is 448 g/mol. The van der Waals surface area contributed by atoms with E-state index in [-0.39, 0.29) is 35.8 Å². The Morgan fingerprint density at radius 2 is 1.74 bits per heavy atom. The zero-order valence-electron chi connectivity index (χ0n) is 17.3. The number of halogens is 3. The Kier molecular flexibility index (Phi) is 6.91. The Bertz CT molecular complexity index is 1050. The number of nitrogens with zero attached hydrogens (tertiary/aromatic N) is 1. The predicted octanol–water partition coefficient (Wildman–Crippen LogP) is 5.18. The summed E-state index contributed by atoms with van der Waals surface area (Å²) in [5, 5.41) is 0.372. The van der Waals surface area contributed by atoms with E-state index in [1.54, 1.807) is 14.1 Å². The molecular formula is C22H24ClF2NO4S. The molecule has 0 unspecified atom stereocenters. The average molecular weight is 472 g/mol.